The van der Waals surface area contributed by atoms with Gasteiger partial charge in [-0.2, -0.15) is 12.7 Å². The summed E-state index contributed by atoms with van der Waals surface area (Å²) in [5.41, 5.74) is 1.01. The van der Waals surface area contributed by atoms with Gasteiger partial charge in [-0.05, 0) is 37.3 Å². The van der Waals surface area contributed by atoms with Crippen molar-refractivity contribution in [2.24, 2.45) is 11.8 Å². The molecule has 0 spiro atoms. The number of morpholine rings is 1. The number of aromatic nitrogens is 1. The molecule has 3 atom stereocenters. The van der Waals surface area contributed by atoms with Crippen LogP contribution in [-0.4, -0.2) is 67.5 Å². The molecule has 1 aromatic heterocycles. The third-order valence-electron chi connectivity index (χ3n) is 6.11. The van der Waals surface area contributed by atoms with Gasteiger partial charge in [0.05, 0.1) is 13.2 Å². The summed E-state index contributed by atoms with van der Waals surface area (Å²) >= 11 is 0. The first kappa shape index (κ1) is 17.2. The Kier molecular flexibility index (Phi) is 4.26. The van der Waals surface area contributed by atoms with Gasteiger partial charge < -0.3 is 4.74 Å². The number of rotatable bonds is 5. The van der Waals surface area contributed by atoms with E-state index in [-0.39, 0.29) is 5.54 Å². The van der Waals surface area contributed by atoms with Crippen LogP contribution >= 0.6 is 0 Å². The Morgan fingerprint density at radius 3 is 2.60 bits per heavy atom. The number of fused-ring (bicyclic) bond motifs is 1. The number of hydrogen-bond acceptors (Lipinski definition) is 5. The molecule has 1 saturated carbocycles. The fourth-order valence-corrected chi connectivity index (χ4v) is 5.68. The second-order valence-corrected chi connectivity index (χ2v) is 9.00. The minimum absolute atomic E-state index is 0.135. The van der Waals surface area contributed by atoms with Crippen LogP contribution in [0.4, 0.5) is 5.82 Å². The molecule has 0 unspecified atom stereocenters. The van der Waals surface area contributed by atoms with Crippen molar-refractivity contribution < 1.29 is 13.2 Å². The van der Waals surface area contributed by atoms with Gasteiger partial charge in [0.15, 0.2) is 0 Å². The van der Waals surface area contributed by atoms with Gasteiger partial charge in [0, 0.05) is 37.4 Å². The molecule has 3 aliphatic rings. The molecule has 1 aliphatic carbocycles. The minimum Gasteiger partial charge on any atom is -0.379 e. The topological polar surface area (TPSA) is 74.8 Å². The molecule has 0 radical (unpaired) electrons. The molecule has 25 heavy (non-hydrogen) atoms. The molecule has 7 nitrogen and oxygen atoms in total. The van der Waals surface area contributed by atoms with E-state index in [0.29, 0.717) is 30.7 Å². The molecule has 0 amide bonds. The molecule has 0 bridgehead atoms. The normalized spacial score (nSPS) is 33.2. The fourth-order valence-electron chi connectivity index (χ4n) is 4.46. The molecule has 0 aromatic carbocycles. The van der Waals surface area contributed by atoms with Crippen molar-refractivity contribution in [1.29, 1.82) is 0 Å². The van der Waals surface area contributed by atoms with Crippen LogP contribution < -0.4 is 4.72 Å². The molecule has 8 heteroatoms. The zero-order valence-electron chi connectivity index (χ0n) is 14.8. The lowest BCUT2D eigenvalue weighted by Crippen LogP contribution is -2.49. The number of hydrogen-bond donors (Lipinski definition) is 1. The molecular weight excluding hydrogens is 340 g/mol. The third kappa shape index (κ3) is 2.95. The van der Waals surface area contributed by atoms with Crippen molar-refractivity contribution in [1.82, 2.24) is 14.2 Å². The van der Waals surface area contributed by atoms with Crippen molar-refractivity contribution >= 4 is 16.0 Å². The Bertz CT molecular complexity index is 736. The SMILES string of the molecule is CCc1cccc(NS(=O)(=O)N2C[C@@H]3[C@H](C2)[C@@]3(C)N2CCOCC2)n1. The van der Waals surface area contributed by atoms with E-state index in [2.05, 4.69) is 21.5 Å². The second-order valence-electron chi connectivity index (χ2n) is 7.33. The van der Waals surface area contributed by atoms with E-state index in [1.54, 1.807) is 10.4 Å². The summed E-state index contributed by atoms with van der Waals surface area (Å²) in [5.74, 6) is 1.23. The molecule has 2 saturated heterocycles. The van der Waals surface area contributed by atoms with Crippen LogP contribution in [0.2, 0.25) is 0 Å². The number of piperidine rings is 1. The van der Waals surface area contributed by atoms with E-state index >= 15 is 0 Å². The summed E-state index contributed by atoms with van der Waals surface area (Å²) < 4.78 is 35.0. The molecule has 2 aliphatic heterocycles. The van der Waals surface area contributed by atoms with Gasteiger partial charge in [0.1, 0.15) is 5.82 Å². The summed E-state index contributed by atoms with van der Waals surface area (Å²) in [6.07, 6.45) is 0.779. The van der Waals surface area contributed by atoms with E-state index in [4.69, 9.17) is 4.74 Å². The van der Waals surface area contributed by atoms with Gasteiger partial charge >= 0.3 is 10.2 Å². The maximum absolute atomic E-state index is 12.7. The number of pyridine rings is 1. The van der Waals surface area contributed by atoms with Crippen LogP contribution in [0.1, 0.15) is 19.5 Å². The smallest absolute Gasteiger partial charge is 0.302 e. The maximum Gasteiger partial charge on any atom is 0.302 e. The Balaban J connectivity index is 1.41. The van der Waals surface area contributed by atoms with E-state index < -0.39 is 10.2 Å². The highest BCUT2D eigenvalue weighted by Gasteiger charge is 2.69. The summed E-state index contributed by atoms with van der Waals surface area (Å²) in [6.45, 7) is 8.89. The predicted octanol–water partition coefficient (Wildman–Crippen LogP) is 0.953. The Morgan fingerprint density at radius 1 is 1.28 bits per heavy atom. The van der Waals surface area contributed by atoms with Crippen LogP contribution in [0.25, 0.3) is 0 Å². The largest absolute Gasteiger partial charge is 0.379 e. The predicted molar refractivity (Wildman–Crippen MR) is 95.5 cm³/mol. The molecule has 138 valence electrons. The first-order valence-corrected chi connectivity index (χ1v) is 10.5. The molecule has 3 heterocycles. The van der Waals surface area contributed by atoms with E-state index in [9.17, 15) is 8.42 Å². The van der Waals surface area contributed by atoms with Gasteiger partial charge in [-0.3, -0.25) is 9.62 Å². The fraction of sp³-hybridized carbons (Fsp3) is 0.706. The van der Waals surface area contributed by atoms with E-state index in [1.807, 2.05) is 19.1 Å². The summed E-state index contributed by atoms with van der Waals surface area (Å²) in [5, 5.41) is 0. The van der Waals surface area contributed by atoms with Gasteiger partial charge in [-0.25, -0.2) is 4.98 Å². The Hall–Kier alpha value is -1.22. The van der Waals surface area contributed by atoms with Crippen LogP contribution in [0, 0.1) is 11.8 Å². The molecule has 1 aromatic rings. The van der Waals surface area contributed by atoms with Crippen molar-refractivity contribution in [2.75, 3.05) is 44.1 Å². The number of anilines is 1. The van der Waals surface area contributed by atoms with E-state index in [0.717, 1.165) is 38.4 Å². The lowest BCUT2D eigenvalue weighted by Gasteiger charge is -2.36. The summed E-state index contributed by atoms with van der Waals surface area (Å²) in [4.78, 5) is 6.82. The average Bonchev–Trinajstić information content (AvgIpc) is 2.98. The Labute approximate surface area is 149 Å². The van der Waals surface area contributed by atoms with Crippen molar-refractivity contribution in [3.8, 4) is 0 Å². The number of nitrogens with one attached hydrogen (secondary N) is 1. The molecule has 1 N–H and O–H groups in total. The second kappa shape index (κ2) is 6.19. The number of aryl methyl sites for hydroxylation is 1. The number of nitrogens with zero attached hydrogens (tertiary/aromatic N) is 3. The third-order valence-corrected chi connectivity index (χ3v) is 7.56. The standard InChI is InChI=1S/C17H26N4O3S/c1-3-13-5-4-6-16(18-13)19-25(22,23)21-11-14-15(12-21)17(14,2)20-7-9-24-10-8-20/h4-6,14-15H,3,7-12H2,1-2H3,(H,18,19)/t14-,15+,17+. The lowest BCUT2D eigenvalue weighted by atomic mass is 10.1. The highest BCUT2D eigenvalue weighted by Crippen LogP contribution is 2.59. The van der Waals surface area contributed by atoms with Crippen molar-refractivity contribution in [2.45, 2.75) is 25.8 Å². The maximum atomic E-state index is 12.7. The number of ether oxygens (including phenoxy) is 1. The van der Waals surface area contributed by atoms with Crippen LogP contribution in [0.3, 0.4) is 0 Å². The zero-order valence-corrected chi connectivity index (χ0v) is 15.6. The van der Waals surface area contributed by atoms with Crippen molar-refractivity contribution in [3.05, 3.63) is 23.9 Å². The zero-order chi connectivity index (χ0) is 17.7. The van der Waals surface area contributed by atoms with Gasteiger partial charge in [-0.15, -0.1) is 0 Å². The summed E-state index contributed by atoms with van der Waals surface area (Å²) in [6, 6.07) is 5.43. The van der Waals surface area contributed by atoms with Crippen LogP contribution in [0.15, 0.2) is 18.2 Å². The van der Waals surface area contributed by atoms with Crippen LogP contribution in [0.5, 0.6) is 0 Å². The quantitative estimate of drug-likeness (QED) is 0.840. The van der Waals surface area contributed by atoms with Gasteiger partial charge in [0.25, 0.3) is 0 Å². The molecular formula is C17H26N4O3S. The van der Waals surface area contributed by atoms with Crippen LogP contribution in [-0.2, 0) is 21.4 Å². The van der Waals surface area contributed by atoms with E-state index in [1.165, 1.54) is 0 Å². The summed E-state index contributed by atoms with van der Waals surface area (Å²) in [7, 11) is -3.54. The first-order valence-electron chi connectivity index (χ1n) is 9.01. The average molecular weight is 366 g/mol. The lowest BCUT2D eigenvalue weighted by molar-refractivity contribution is 0.00313. The minimum atomic E-state index is -3.54. The molecule has 4 rings (SSSR count). The van der Waals surface area contributed by atoms with Gasteiger partial charge in [-0.1, -0.05) is 13.0 Å². The van der Waals surface area contributed by atoms with Crippen molar-refractivity contribution in [3.63, 3.8) is 0 Å². The van der Waals surface area contributed by atoms with Gasteiger partial charge in [0.2, 0.25) is 0 Å². The highest BCUT2D eigenvalue weighted by molar-refractivity contribution is 7.90. The molecule has 3 fully saturated rings. The Morgan fingerprint density at radius 2 is 1.96 bits per heavy atom. The monoisotopic (exact) mass is 366 g/mol. The highest BCUT2D eigenvalue weighted by atomic mass is 32.2. The first-order chi connectivity index (χ1) is 11.9.